The molecule has 0 nitrogen and oxygen atoms in total. The second-order valence-electron chi connectivity index (χ2n) is 16.0. The number of hydrogen-bond acceptors (Lipinski definition) is 0. The molecule has 288 valence electrons. The Balaban J connectivity index is 1.30. The molecule has 0 bridgehead atoms. The maximum Gasteiger partial charge on any atom is -0.00266 e. The van der Waals surface area contributed by atoms with Crippen LogP contribution in [0.4, 0.5) is 0 Å². The Bertz CT molecular complexity index is 2290. The smallest absolute Gasteiger partial charge is 0.00266 e. The van der Waals surface area contributed by atoms with Gasteiger partial charge in [-0.25, -0.2) is 0 Å². The first-order valence-electron chi connectivity index (χ1n) is 21.7. The van der Waals surface area contributed by atoms with E-state index < -0.39 is 0 Å². The van der Waals surface area contributed by atoms with Gasteiger partial charge in [-0.15, -0.1) is 0 Å². The van der Waals surface area contributed by atoms with Crippen LogP contribution < -0.4 is 0 Å². The minimum absolute atomic E-state index is 1.10. The quantitative estimate of drug-likeness (QED) is 0.104. The highest BCUT2D eigenvalue weighted by atomic mass is 14.2. The predicted octanol–water partition coefficient (Wildman–Crippen LogP) is 16.7. The summed E-state index contributed by atoms with van der Waals surface area (Å²) < 4.78 is 0. The Labute approximate surface area is 347 Å². The van der Waals surface area contributed by atoms with Gasteiger partial charge in [-0.05, 0) is 138 Å². The molecule has 58 heavy (non-hydrogen) atoms. The van der Waals surface area contributed by atoms with Crippen LogP contribution in [-0.4, -0.2) is 0 Å². The molecular weight excluding hydrogens is 697 g/mol. The highest BCUT2D eigenvalue weighted by molar-refractivity contribution is 6.01. The molecule has 0 spiro atoms. The Morgan fingerprint density at radius 1 is 0.259 bits per heavy atom. The predicted molar refractivity (Wildman–Crippen MR) is 253 cm³/mol. The summed E-state index contributed by atoms with van der Waals surface area (Å²) in [5.74, 6) is 0. The summed E-state index contributed by atoms with van der Waals surface area (Å²) in [5, 5.41) is 2.48. The Morgan fingerprint density at radius 2 is 0.517 bits per heavy atom. The molecule has 0 aromatic heterocycles. The summed E-state index contributed by atoms with van der Waals surface area (Å²) in [6.45, 7) is 9.00. The topological polar surface area (TPSA) is 0 Å². The molecule has 8 aromatic rings. The maximum atomic E-state index is 2.43. The molecule has 0 saturated carbocycles. The van der Waals surface area contributed by atoms with Gasteiger partial charge in [0.25, 0.3) is 0 Å². The SMILES string of the molecule is CCCc1ccc(-c2cccc(-c3ccc(CCC)cc3)c2-c2ccc3ccc(-c4c(-c5ccc(CCC)cc5)cccc4-c4ccc(CCC)cc4)cc3c2)cc1. The minimum atomic E-state index is 1.10. The zero-order valence-electron chi connectivity index (χ0n) is 34.8. The highest BCUT2D eigenvalue weighted by Crippen LogP contribution is 2.44. The molecule has 0 heteroatoms. The van der Waals surface area contributed by atoms with Gasteiger partial charge in [0.2, 0.25) is 0 Å². The molecule has 0 aliphatic heterocycles. The average molecular weight is 753 g/mol. The lowest BCUT2D eigenvalue weighted by atomic mass is 9.85. The number of aryl methyl sites for hydroxylation is 4. The maximum absolute atomic E-state index is 2.43. The summed E-state index contributed by atoms with van der Waals surface area (Å²) >= 11 is 0. The van der Waals surface area contributed by atoms with Gasteiger partial charge in [0.05, 0.1) is 0 Å². The number of benzene rings is 8. The van der Waals surface area contributed by atoms with Crippen LogP contribution in [-0.2, 0) is 25.7 Å². The molecular formula is C58H56. The molecule has 0 unspecified atom stereocenters. The van der Waals surface area contributed by atoms with E-state index in [1.807, 2.05) is 0 Å². The number of fused-ring (bicyclic) bond motifs is 1. The third-order valence-corrected chi connectivity index (χ3v) is 11.8. The monoisotopic (exact) mass is 752 g/mol. The van der Waals surface area contributed by atoms with Crippen molar-refractivity contribution >= 4 is 10.8 Å². The van der Waals surface area contributed by atoms with Gasteiger partial charge in [-0.3, -0.25) is 0 Å². The second-order valence-corrected chi connectivity index (χ2v) is 16.0. The Morgan fingerprint density at radius 3 is 0.776 bits per heavy atom. The van der Waals surface area contributed by atoms with Gasteiger partial charge in [0.15, 0.2) is 0 Å². The van der Waals surface area contributed by atoms with E-state index in [4.69, 9.17) is 0 Å². The van der Waals surface area contributed by atoms with Crippen molar-refractivity contribution in [1.29, 1.82) is 0 Å². The minimum Gasteiger partial charge on any atom is -0.0651 e. The normalized spacial score (nSPS) is 11.3. The van der Waals surface area contributed by atoms with Crippen molar-refractivity contribution in [2.75, 3.05) is 0 Å². The van der Waals surface area contributed by atoms with Crippen LogP contribution in [0.5, 0.6) is 0 Å². The summed E-state index contributed by atoms with van der Waals surface area (Å²) in [7, 11) is 0. The molecule has 0 amide bonds. The fraction of sp³-hybridized carbons (Fsp3) is 0.207. The first kappa shape index (κ1) is 38.9. The van der Waals surface area contributed by atoms with E-state index in [9.17, 15) is 0 Å². The zero-order valence-corrected chi connectivity index (χ0v) is 34.8. The van der Waals surface area contributed by atoms with Crippen molar-refractivity contribution in [2.45, 2.75) is 79.1 Å². The number of rotatable bonds is 14. The lowest BCUT2D eigenvalue weighted by Gasteiger charge is -2.19. The van der Waals surface area contributed by atoms with Gasteiger partial charge in [-0.1, -0.05) is 211 Å². The van der Waals surface area contributed by atoms with Crippen molar-refractivity contribution in [1.82, 2.24) is 0 Å². The van der Waals surface area contributed by atoms with Gasteiger partial charge in [0, 0.05) is 0 Å². The summed E-state index contributed by atoms with van der Waals surface area (Å²) in [4.78, 5) is 0. The first-order valence-corrected chi connectivity index (χ1v) is 21.7. The average Bonchev–Trinajstić information content (AvgIpc) is 3.27. The molecule has 0 radical (unpaired) electrons. The van der Waals surface area contributed by atoms with Gasteiger partial charge < -0.3 is 0 Å². The van der Waals surface area contributed by atoms with Crippen molar-refractivity contribution in [3.8, 4) is 66.8 Å². The van der Waals surface area contributed by atoms with E-state index in [2.05, 4.69) is 198 Å². The van der Waals surface area contributed by atoms with Crippen molar-refractivity contribution in [3.63, 3.8) is 0 Å². The standard InChI is InChI=1S/C58H56/c1-5-11-41-19-27-46(28-20-41)53-15-9-16-54(47-29-21-42(12-6-2)22-30-47)57(53)50-37-35-45-36-38-51(40-52(45)39-50)58-55(48-31-23-43(13-7-3)24-32-48)17-10-18-56(58)49-33-25-44(14-8-4)26-34-49/h9-10,15-40H,5-8,11-14H2,1-4H3. The highest BCUT2D eigenvalue weighted by Gasteiger charge is 2.18. The second kappa shape index (κ2) is 18.1. The van der Waals surface area contributed by atoms with Crippen LogP contribution in [0.3, 0.4) is 0 Å². The van der Waals surface area contributed by atoms with Gasteiger partial charge >= 0.3 is 0 Å². The van der Waals surface area contributed by atoms with Gasteiger partial charge in [0.1, 0.15) is 0 Å². The first-order chi connectivity index (χ1) is 28.6. The lowest BCUT2D eigenvalue weighted by molar-refractivity contribution is 0.922. The van der Waals surface area contributed by atoms with Crippen LogP contribution in [0, 0.1) is 0 Å². The van der Waals surface area contributed by atoms with E-state index in [0.717, 1.165) is 51.4 Å². The van der Waals surface area contributed by atoms with Gasteiger partial charge in [-0.2, -0.15) is 0 Å². The van der Waals surface area contributed by atoms with Crippen molar-refractivity contribution in [2.24, 2.45) is 0 Å². The van der Waals surface area contributed by atoms with Crippen LogP contribution in [0.2, 0.25) is 0 Å². The fourth-order valence-electron chi connectivity index (χ4n) is 8.81. The molecule has 8 rings (SSSR count). The molecule has 0 atom stereocenters. The van der Waals surface area contributed by atoms with E-state index >= 15 is 0 Å². The van der Waals surface area contributed by atoms with Crippen LogP contribution in [0.25, 0.3) is 77.5 Å². The third-order valence-electron chi connectivity index (χ3n) is 11.8. The Kier molecular flexibility index (Phi) is 12.1. The van der Waals surface area contributed by atoms with E-state index in [-0.39, 0.29) is 0 Å². The molecule has 0 saturated heterocycles. The summed E-state index contributed by atoms with van der Waals surface area (Å²) in [5.41, 5.74) is 20.6. The largest absolute Gasteiger partial charge is 0.0651 e. The summed E-state index contributed by atoms with van der Waals surface area (Å²) in [6.07, 6.45) is 9.00. The van der Waals surface area contributed by atoms with E-state index in [1.165, 1.54) is 99.8 Å². The fourth-order valence-corrected chi connectivity index (χ4v) is 8.81. The van der Waals surface area contributed by atoms with E-state index in [1.54, 1.807) is 0 Å². The van der Waals surface area contributed by atoms with E-state index in [0.29, 0.717) is 0 Å². The molecule has 8 aromatic carbocycles. The van der Waals surface area contributed by atoms with Crippen LogP contribution in [0.15, 0.2) is 170 Å². The molecule has 0 N–H and O–H groups in total. The third kappa shape index (κ3) is 8.34. The number of hydrogen-bond donors (Lipinski definition) is 0. The van der Waals surface area contributed by atoms with Crippen LogP contribution >= 0.6 is 0 Å². The van der Waals surface area contributed by atoms with Crippen molar-refractivity contribution in [3.05, 3.63) is 192 Å². The summed E-state index contributed by atoms with van der Waals surface area (Å²) in [6, 6.07) is 64.9. The van der Waals surface area contributed by atoms with Crippen LogP contribution in [0.1, 0.15) is 75.6 Å². The zero-order chi connectivity index (χ0) is 39.8. The molecule has 0 aliphatic carbocycles. The molecule has 0 fully saturated rings. The lowest BCUT2D eigenvalue weighted by Crippen LogP contribution is -1.93. The van der Waals surface area contributed by atoms with Crippen molar-refractivity contribution < 1.29 is 0 Å². The Hall–Kier alpha value is -5.98. The molecule has 0 aliphatic rings. The molecule has 0 heterocycles.